The van der Waals surface area contributed by atoms with Gasteiger partial charge in [0.25, 0.3) is 0 Å². The maximum absolute atomic E-state index is 5.87. The zero-order valence-corrected chi connectivity index (χ0v) is 20.7. The third kappa shape index (κ3) is 4.03. The molecule has 1 aliphatic heterocycles. The van der Waals surface area contributed by atoms with Gasteiger partial charge in [-0.1, -0.05) is 22.0 Å². The van der Waals surface area contributed by atoms with E-state index >= 15 is 0 Å². The van der Waals surface area contributed by atoms with Crippen molar-refractivity contribution in [1.29, 1.82) is 0 Å². The van der Waals surface area contributed by atoms with Crippen LogP contribution in [0.25, 0.3) is 5.69 Å². The molecule has 0 radical (unpaired) electrons. The molecule has 5 rings (SSSR count). The van der Waals surface area contributed by atoms with E-state index in [1.807, 2.05) is 36.5 Å². The molecule has 0 bridgehead atoms. The number of hydrogen-bond donors (Lipinski definition) is 1. The van der Waals surface area contributed by atoms with Crippen LogP contribution >= 0.6 is 28.1 Å². The summed E-state index contributed by atoms with van der Waals surface area (Å²) in [5, 5.41) is 4.22. The number of nitrogens with one attached hydrogen (secondary N) is 1. The highest BCUT2D eigenvalue weighted by molar-refractivity contribution is 9.10. The maximum Gasteiger partial charge on any atom is 0.174 e. The minimum Gasteiger partial charge on any atom is -0.497 e. The number of anilines is 1. The van der Waals surface area contributed by atoms with E-state index in [2.05, 4.69) is 91.3 Å². The smallest absolute Gasteiger partial charge is 0.174 e. The number of benzene rings is 2. The Morgan fingerprint density at radius 1 is 1.00 bits per heavy atom. The minimum absolute atomic E-state index is 0.0925. The fraction of sp³-hybridized carbons (Fsp3) is 0.154. The Morgan fingerprint density at radius 2 is 1.79 bits per heavy atom. The van der Waals surface area contributed by atoms with Gasteiger partial charge in [-0.25, -0.2) is 0 Å². The van der Waals surface area contributed by atoms with E-state index < -0.39 is 0 Å². The van der Waals surface area contributed by atoms with Gasteiger partial charge in [0.1, 0.15) is 11.8 Å². The fourth-order valence-corrected chi connectivity index (χ4v) is 4.92. The van der Waals surface area contributed by atoms with E-state index in [-0.39, 0.29) is 12.1 Å². The Bertz CT molecular complexity index is 1290. The molecule has 4 aromatic rings. The predicted molar refractivity (Wildman–Crippen MR) is 139 cm³/mol. The number of aryl methyl sites for hydroxylation is 1. The van der Waals surface area contributed by atoms with E-state index in [0.717, 1.165) is 38.5 Å². The normalized spacial score (nSPS) is 17.8. The van der Waals surface area contributed by atoms with Crippen molar-refractivity contribution in [3.63, 3.8) is 0 Å². The Morgan fingerprint density at radius 3 is 2.48 bits per heavy atom. The Labute approximate surface area is 207 Å². The molecule has 0 amide bonds. The Balaban J connectivity index is 1.65. The lowest BCUT2D eigenvalue weighted by molar-refractivity contribution is 0.414. The Kier molecular flexibility index (Phi) is 5.91. The van der Waals surface area contributed by atoms with E-state index in [0.29, 0.717) is 5.11 Å². The lowest BCUT2D eigenvalue weighted by atomic mass is 10.0. The van der Waals surface area contributed by atoms with Crippen LogP contribution in [0.15, 0.2) is 89.7 Å². The monoisotopic (exact) mass is 518 g/mol. The van der Waals surface area contributed by atoms with Crippen molar-refractivity contribution in [2.24, 2.45) is 0 Å². The molecular formula is C26H23BrN4OS. The van der Waals surface area contributed by atoms with Crippen molar-refractivity contribution in [3.05, 3.63) is 107 Å². The van der Waals surface area contributed by atoms with Crippen molar-refractivity contribution in [2.45, 2.75) is 19.0 Å². The summed E-state index contributed by atoms with van der Waals surface area (Å²) >= 11 is 9.49. The lowest BCUT2D eigenvalue weighted by Gasteiger charge is -2.29. The number of ether oxygens (including phenoxy) is 1. The average molecular weight is 519 g/mol. The van der Waals surface area contributed by atoms with Gasteiger partial charge < -0.3 is 19.5 Å². The van der Waals surface area contributed by atoms with Crippen LogP contribution in [0.3, 0.4) is 0 Å². The van der Waals surface area contributed by atoms with Crippen LogP contribution in [0.5, 0.6) is 5.75 Å². The molecule has 33 heavy (non-hydrogen) atoms. The first-order chi connectivity index (χ1) is 16.1. The van der Waals surface area contributed by atoms with Crippen LogP contribution in [0.4, 0.5) is 5.69 Å². The molecule has 166 valence electrons. The molecular weight excluding hydrogens is 496 g/mol. The largest absolute Gasteiger partial charge is 0.497 e. The minimum atomic E-state index is -0.102. The molecule has 0 aliphatic carbocycles. The number of methoxy groups -OCH3 is 1. The van der Waals surface area contributed by atoms with Gasteiger partial charge in [0.05, 0.1) is 18.8 Å². The van der Waals surface area contributed by atoms with Crippen LogP contribution < -0.4 is 15.0 Å². The third-order valence-corrected chi connectivity index (χ3v) is 7.16. The summed E-state index contributed by atoms with van der Waals surface area (Å²) in [5.41, 5.74) is 5.31. The maximum atomic E-state index is 5.87. The molecule has 1 N–H and O–H groups in total. The number of pyridine rings is 1. The number of nitrogens with zero attached hydrogens (tertiary/aromatic N) is 3. The van der Waals surface area contributed by atoms with Crippen molar-refractivity contribution >= 4 is 38.9 Å². The molecule has 2 aromatic heterocycles. The molecule has 3 heterocycles. The molecule has 2 atom stereocenters. The fourth-order valence-electron chi connectivity index (χ4n) is 4.33. The first-order valence-corrected chi connectivity index (χ1v) is 11.9. The molecule has 1 saturated heterocycles. The summed E-state index contributed by atoms with van der Waals surface area (Å²) in [5.74, 6) is 0.828. The van der Waals surface area contributed by atoms with Gasteiger partial charge >= 0.3 is 0 Å². The SMILES string of the molecule is COc1ccc(-n2cccc2[C@H]2[C@H](c3ccccn3)NC(=S)N2c2ccc(Br)c(C)c2)cc1. The second-order valence-corrected chi connectivity index (χ2v) is 9.17. The van der Waals surface area contributed by atoms with Crippen molar-refractivity contribution in [2.75, 3.05) is 12.0 Å². The number of aromatic nitrogens is 2. The van der Waals surface area contributed by atoms with Gasteiger partial charge in [-0.15, -0.1) is 0 Å². The first kappa shape index (κ1) is 21.7. The second-order valence-electron chi connectivity index (χ2n) is 7.93. The molecule has 7 heteroatoms. The molecule has 0 unspecified atom stereocenters. The van der Waals surface area contributed by atoms with E-state index in [4.69, 9.17) is 17.0 Å². The molecule has 2 aromatic carbocycles. The van der Waals surface area contributed by atoms with Crippen LogP contribution in [-0.4, -0.2) is 21.8 Å². The summed E-state index contributed by atoms with van der Waals surface area (Å²) in [6, 6.07) is 24.4. The average Bonchev–Trinajstić information content (AvgIpc) is 3.46. The zero-order valence-electron chi connectivity index (χ0n) is 18.3. The van der Waals surface area contributed by atoms with Gasteiger partial charge in [-0.3, -0.25) is 4.98 Å². The quantitative estimate of drug-likeness (QED) is 0.322. The van der Waals surface area contributed by atoms with Crippen LogP contribution in [0.1, 0.15) is 29.0 Å². The summed E-state index contributed by atoms with van der Waals surface area (Å²) in [7, 11) is 1.68. The van der Waals surface area contributed by atoms with Gasteiger partial charge in [0, 0.05) is 33.9 Å². The van der Waals surface area contributed by atoms with E-state index in [9.17, 15) is 0 Å². The number of hydrogen-bond acceptors (Lipinski definition) is 3. The van der Waals surface area contributed by atoms with Crippen molar-refractivity contribution < 1.29 is 4.74 Å². The first-order valence-electron chi connectivity index (χ1n) is 10.7. The zero-order chi connectivity index (χ0) is 22.9. The number of thiocarbonyl (C=S) groups is 1. The van der Waals surface area contributed by atoms with E-state index in [1.165, 1.54) is 0 Å². The van der Waals surface area contributed by atoms with Crippen LogP contribution in [-0.2, 0) is 0 Å². The summed E-state index contributed by atoms with van der Waals surface area (Å²) < 4.78 is 8.62. The lowest BCUT2D eigenvalue weighted by Crippen LogP contribution is -2.30. The summed E-state index contributed by atoms with van der Waals surface area (Å²) in [4.78, 5) is 6.86. The molecule has 5 nitrogen and oxygen atoms in total. The summed E-state index contributed by atoms with van der Waals surface area (Å²) in [6.07, 6.45) is 3.91. The highest BCUT2D eigenvalue weighted by atomic mass is 79.9. The summed E-state index contributed by atoms with van der Waals surface area (Å²) in [6.45, 7) is 2.09. The van der Waals surface area contributed by atoms with Gasteiger partial charge in [0.2, 0.25) is 0 Å². The van der Waals surface area contributed by atoms with Gasteiger partial charge in [-0.2, -0.15) is 0 Å². The predicted octanol–water partition coefficient (Wildman–Crippen LogP) is 6.13. The van der Waals surface area contributed by atoms with Gasteiger partial charge in [-0.05, 0) is 91.4 Å². The van der Waals surface area contributed by atoms with Gasteiger partial charge in [0.15, 0.2) is 5.11 Å². The molecule has 0 spiro atoms. The van der Waals surface area contributed by atoms with Crippen LogP contribution in [0.2, 0.25) is 0 Å². The van der Waals surface area contributed by atoms with Crippen molar-refractivity contribution in [1.82, 2.24) is 14.9 Å². The van der Waals surface area contributed by atoms with E-state index in [1.54, 1.807) is 7.11 Å². The Hall–Kier alpha value is -3.16. The van der Waals surface area contributed by atoms with Crippen molar-refractivity contribution in [3.8, 4) is 11.4 Å². The number of halogens is 1. The standard InChI is InChI=1S/C26H23BrN4OS/c1-17-16-19(10-13-21(17)27)31-25(24(29-26(31)33)22-6-3-4-14-28-22)23-7-5-15-30(23)18-8-11-20(32-2)12-9-18/h3-16,24-25H,1-2H3,(H,29,33)/t24-,25-/m0/s1. The van der Waals surface area contributed by atoms with Crippen LogP contribution in [0, 0.1) is 6.92 Å². The number of rotatable bonds is 5. The molecule has 0 saturated carbocycles. The highest BCUT2D eigenvalue weighted by Crippen LogP contribution is 2.42. The third-order valence-electron chi connectivity index (χ3n) is 5.95. The molecule has 1 aliphatic rings. The molecule has 1 fully saturated rings. The second kappa shape index (κ2) is 9.00. The topological polar surface area (TPSA) is 42.3 Å². The highest BCUT2D eigenvalue weighted by Gasteiger charge is 2.42.